The largest absolute Gasteiger partial charge is 0.291 e. The zero-order valence-electron chi connectivity index (χ0n) is 11.6. The summed E-state index contributed by atoms with van der Waals surface area (Å²) in [7, 11) is 8.47. The Morgan fingerprint density at radius 3 is 1.94 bits per heavy atom. The fraction of sp³-hybridized carbons (Fsp3) is 0.917. The maximum atomic E-state index is 4.19. The number of hydrogen-bond acceptors (Lipinski definition) is 4. The van der Waals surface area contributed by atoms with Crippen molar-refractivity contribution in [2.75, 3.05) is 41.3 Å². The molecule has 0 aromatic carbocycles. The van der Waals surface area contributed by atoms with Gasteiger partial charge in [0.05, 0.1) is 18.2 Å². The van der Waals surface area contributed by atoms with E-state index in [0.717, 1.165) is 25.9 Å². The first-order valence-corrected chi connectivity index (χ1v) is 5.94. The summed E-state index contributed by atoms with van der Waals surface area (Å²) in [6.45, 7) is 5.72. The first-order chi connectivity index (χ1) is 7.51. The zero-order valence-corrected chi connectivity index (χ0v) is 11.6. The van der Waals surface area contributed by atoms with Crippen molar-refractivity contribution in [2.24, 2.45) is 9.98 Å². The zero-order chi connectivity index (χ0) is 12.6. The molecule has 0 atom stereocenters. The molecule has 16 heavy (non-hydrogen) atoms. The van der Waals surface area contributed by atoms with E-state index >= 15 is 0 Å². The van der Waals surface area contributed by atoms with Crippen LogP contribution >= 0.6 is 0 Å². The summed E-state index contributed by atoms with van der Waals surface area (Å²) in [5, 5.41) is 0. The second-order valence-corrected chi connectivity index (χ2v) is 4.33. The third-order valence-electron chi connectivity index (χ3n) is 3.15. The van der Waals surface area contributed by atoms with Crippen molar-refractivity contribution in [1.29, 1.82) is 0 Å². The Morgan fingerprint density at radius 2 is 1.56 bits per heavy atom. The second-order valence-electron chi connectivity index (χ2n) is 4.33. The van der Waals surface area contributed by atoms with Crippen molar-refractivity contribution in [3.05, 3.63) is 0 Å². The molecular formula is C12H26N4. The van der Waals surface area contributed by atoms with Gasteiger partial charge in [-0.15, -0.1) is 0 Å². The maximum absolute atomic E-state index is 4.19. The van der Waals surface area contributed by atoms with E-state index in [4.69, 9.17) is 0 Å². The SMILES string of the molecule is CCN=C=NCCC(CC)(N(C)C)N(C)C. The molecule has 0 aliphatic rings. The number of aliphatic imine (C=N–C) groups is 2. The molecule has 0 unspecified atom stereocenters. The lowest BCUT2D eigenvalue weighted by Gasteiger charge is -2.44. The van der Waals surface area contributed by atoms with Crippen LogP contribution in [0.1, 0.15) is 26.7 Å². The molecular weight excluding hydrogens is 200 g/mol. The van der Waals surface area contributed by atoms with Gasteiger partial charge in [0.1, 0.15) is 0 Å². The maximum Gasteiger partial charge on any atom is 0.0892 e. The van der Waals surface area contributed by atoms with Gasteiger partial charge in [0.25, 0.3) is 0 Å². The molecule has 0 aromatic heterocycles. The molecule has 0 bridgehead atoms. The van der Waals surface area contributed by atoms with Crippen LogP contribution in [0.25, 0.3) is 0 Å². The van der Waals surface area contributed by atoms with E-state index < -0.39 is 0 Å². The second kappa shape index (κ2) is 7.55. The normalized spacial score (nSPS) is 11.8. The van der Waals surface area contributed by atoms with Crippen molar-refractivity contribution >= 4 is 6.01 Å². The van der Waals surface area contributed by atoms with E-state index in [0.29, 0.717) is 0 Å². The Hall–Kier alpha value is -0.700. The topological polar surface area (TPSA) is 31.2 Å². The summed E-state index contributed by atoms with van der Waals surface area (Å²) in [6.07, 6.45) is 2.07. The first kappa shape index (κ1) is 15.3. The van der Waals surface area contributed by atoms with Crippen LogP contribution in [0.4, 0.5) is 0 Å². The molecule has 0 aromatic rings. The predicted octanol–water partition coefficient (Wildman–Crippen LogP) is 1.80. The molecule has 0 spiro atoms. The van der Waals surface area contributed by atoms with Crippen LogP contribution in [0.5, 0.6) is 0 Å². The Morgan fingerprint density at radius 1 is 1.00 bits per heavy atom. The third-order valence-corrected chi connectivity index (χ3v) is 3.15. The lowest BCUT2D eigenvalue weighted by molar-refractivity contribution is -0.00559. The van der Waals surface area contributed by atoms with Crippen molar-refractivity contribution in [1.82, 2.24) is 9.80 Å². The molecule has 4 heteroatoms. The highest BCUT2D eigenvalue weighted by Gasteiger charge is 2.32. The number of rotatable bonds is 7. The summed E-state index contributed by atoms with van der Waals surface area (Å²) >= 11 is 0. The highest BCUT2D eigenvalue weighted by Crippen LogP contribution is 2.23. The first-order valence-electron chi connectivity index (χ1n) is 5.94. The van der Waals surface area contributed by atoms with E-state index in [1.165, 1.54) is 0 Å². The molecule has 0 amide bonds. The Kier molecular flexibility index (Phi) is 7.22. The Balaban J connectivity index is 4.50. The van der Waals surface area contributed by atoms with E-state index in [2.05, 4.69) is 60.9 Å². The molecule has 0 N–H and O–H groups in total. The van der Waals surface area contributed by atoms with E-state index in [-0.39, 0.29) is 5.66 Å². The van der Waals surface area contributed by atoms with Crippen LogP contribution in [-0.4, -0.2) is 62.8 Å². The molecule has 0 saturated carbocycles. The molecule has 0 rings (SSSR count). The highest BCUT2D eigenvalue weighted by atomic mass is 15.4. The molecule has 0 heterocycles. The molecule has 0 saturated heterocycles. The molecule has 0 fully saturated rings. The van der Waals surface area contributed by atoms with Crippen LogP contribution in [-0.2, 0) is 0 Å². The van der Waals surface area contributed by atoms with Crippen molar-refractivity contribution < 1.29 is 0 Å². The molecule has 94 valence electrons. The minimum Gasteiger partial charge on any atom is -0.291 e. The summed E-state index contributed by atoms with van der Waals surface area (Å²) in [4.78, 5) is 12.7. The van der Waals surface area contributed by atoms with Crippen molar-refractivity contribution in [3.63, 3.8) is 0 Å². The van der Waals surface area contributed by atoms with Crippen LogP contribution in [0.3, 0.4) is 0 Å². The summed E-state index contributed by atoms with van der Waals surface area (Å²) in [5.41, 5.74) is 0.0807. The van der Waals surface area contributed by atoms with Gasteiger partial charge in [-0.2, -0.15) is 0 Å². The average molecular weight is 226 g/mol. The van der Waals surface area contributed by atoms with E-state index in [1.807, 2.05) is 6.92 Å². The van der Waals surface area contributed by atoms with Crippen LogP contribution in [0.15, 0.2) is 9.98 Å². The Labute approximate surface area is 100 Å². The highest BCUT2D eigenvalue weighted by molar-refractivity contribution is 5.40. The van der Waals surface area contributed by atoms with Gasteiger partial charge in [-0.1, -0.05) is 6.92 Å². The predicted molar refractivity (Wildman–Crippen MR) is 70.3 cm³/mol. The van der Waals surface area contributed by atoms with Gasteiger partial charge in [0.2, 0.25) is 0 Å². The van der Waals surface area contributed by atoms with Gasteiger partial charge in [-0.25, -0.2) is 9.98 Å². The van der Waals surface area contributed by atoms with Gasteiger partial charge in [0, 0.05) is 6.54 Å². The molecule has 4 nitrogen and oxygen atoms in total. The van der Waals surface area contributed by atoms with Crippen molar-refractivity contribution in [3.8, 4) is 0 Å². The fourth-order valence-electron chi connectivity index (χ4n) is 2.06. The summed E-state index contributed by atoms with van der Waals surface area (Å²) in [6, 6.07) is 2.72. The smallest absolute Gasteiger partial charge is 0.0892 e. The van der Waals surface area contributed by atoms with Crippen LogP contribution in [0.2, 0.25) is 0 Å². The lowest BCUT2D eigenvalue weighted by Crippen LogP contribution is -2.55. The standard InChI is InChI=1S/C12H26N4/c1-7-12(15(3)4,16(5)6)9-10-14-11-13-8-2/h7-10H2,1-6H3. The minimum atomic E-state index is 0.0807. The van der Waals surface area contributed by atoms with E-state index in [1.54, 1.807) is 0 Å². The van der Waals surface area contributed by atoms with Crippen LogP contribution < -0.4 is 0 Å². The summed E-state index contributed by atoms with van der Waals surface area (Å²) < 4.78 is 0. The van der Waals surface area contributed by atoms with Gasteiger partial charge < -0.3 is 0 Å². The Bertz CT molecular complexity index is 231. The van der Waals surface area contributed by atoms with Crippen molar-refractivity contribution in [2.45, 2.75) is 32.4 Å². The van der Waals surface area contributed by atoms with Gasteiger partial charge in [0.15, 0.2) is 0 Å². The third kappa shape index (κ3) is 4.05. The van der Waals surface area contributed by atoms with Gasteiger partial charge in [-0.3, -0.25) is 9.80 Å². The molecule has 0 aliphatic carbocycles. The van der Waals surface area contributed by atoms with Gasteiger partial charge >= 0.3 is 0 Å². The van der Waals surface area contributed by atoms with E-state index in [9.17, 15) is 0 Å². The quantitative estimate of drug-likeness (QED) is 0.489. The number of nitrogens with zero attached hydrogens (tertiary/aromatic N) is 4. The lowest BCUT2D eigenvalue weighted by atomic mass is 10.00. The molecule has 0 radical (unpaired) electrons. The minimum absolute atomic E-state index is 0.0807. The summed E-state index contributed by atoms with van der Waals surface area (Å²) in [5.74, 6) is 0. The van der Waals surface area contributed by atoms with Crippen LogP contribution in [0, 0.1) is 0 Å². The fourth-order valence-corrected chi connectivity index (χ4v) is 2.06. The number of hydrogen-bond donors (Lipinski definition) is 0. The monoisotopic (exact) mass is 226 g/mol. The average Bonchev–Trinajstić information content (AvgIpc) is 2.22. The van der Waals surface area contributed by atoms with Gasteiger partial charge in [-0.05, 0) is 48.0 Å². The molecule has 0 aliphatic heterocycles.